The number of rotatable bonds is 2. The largest absolute Gasteiger partial charge is 0.350 e. The molecule has 0 N–H and O–H groups in total. The summed E-state index contributed by atoms with van der Waals surface area (Å²) < 4.78 is 3.06. The van der Waals surface area contributed by atoms with Gasteiger partial charge in [0.25, 0.3) is 0 Å². The first-order valence-corrected chi connectivity index (χ1v) is 6.25. The van der Waals surface area contributed by atoms with Crippen molar-refractivity contribution in [2.45, 2.75) is 20.4 Å². The van der Waals surface area contributed by atoms with Crippen LogP contribution < -0.4 is 5.69 Å². The van der Waals surface area contributed by atoms with E-state index in [-0.39, 0.29) is 5.69 Å². The Labute approximate surface area is 110 Å². The van der Waals surface area contributed by atoms with Gasteiger partial charge in [-0.2, -0.15) is 0 Å². The molecule has 0 fully saturated rings. The standard InChI is InChI=1S/C15H15N3O/c1-11-7-12(2)9-13(8-11)10-18-15(19)17-6-4-3-5-14(17)16-18/h3-9H,10H2,1-2H3. The van der Waals surface area contributed by atoms with Gasteiger partial charge in [0.2, 0.25) is 0 Å². The zero-order valence-electron chi connectivity index (χ0n) is 11.0. The van der Waals surface area contributed by atoms with Crippen LogP contribution in [0.2, 0.25) is 0 Å². The maximum Gasteiger partial charge on any atom is 0.350 e. The molecule has 0 aliphatic heterocycles. The molecule has 0 spiro atoms. The van der Waals surface area contributed by atoms with E-state index in [0.29, 0.717) is 12.2 Å². The van der Waals surface area contributed by atoms with Crippen molar-refractivity contribution >= 4 is 5.65 Å². The first-order valence-electron chi connectivity index (χ1n) is 6.25. The SMILES string of the molecule is Cc1cc(C)cc(Cn2nc3ccccn3c2=O)c1. The summed E-state index contributed by atoms with van der Waals surface area (Å²) in [6.45, 7) is 4.62. The van der Waals surface area contributed by atoms with Gasteiger partial charge in [-0.25, -0.2) is 9.48 Å². The van der Waals surface area contributed by atoms with Crippen LogP contribution in [0.3, 0.4) is 0 Å². The van der Waals surface area contributed by atoms with Crippen molar-refractivity contribution in [2.75, 3.05) is 0 Å². The van der Waals surface area contributed by atoms with Crippen molar-refractivity contribution < 1.29 is 0 Å². The van der Waals surface area contributed by atoms with E-state index >= 15 is 0 Å². The lowest BCUT2D eigenvalue weighted by molar-refractivity contribution is 0.658. The van der Waals surface area contributed by atoms with Gasteiger partial charge in [0.1, 0.15) is 0 Å². The Morgan fingerprint density at radius 3 is 2.53 bits per heavy atom. The van der Waals surface area contributed by atoms with Crippen molar-refractivity contribution in [2.24, 2.45) is 0 Å². The Balaban J connectivity index is 2.06. The lowest BCUT2D eigenvalue weighted by atomic mass is 10.1. The van der Waals surface area contributed by atoms with E-state index in [2.05, 4.69) is 37.1 Å². The second-order valence-electron chi connectivity index (χ2n) is 4.87. The zero-order chi connectivity index (χ0) is 13.4. The van der Waals surface area contributed by atoms with Crippen LogP contribution in [-0.4, -0.2) is 14.2 Å². The molecule has 0 aliphatic carbocycles. The fourth-order valence-corrected chi connectivity index (χ4v) is 2.40. The van der Waals surface area contributed by atoms with Crippen LogP contribution in [0.4, 0.5) is 0 Å². The van der Waals surface area contributed by atoms with Crippen molar-refractivity contribution in [3.63, 3.8) is 0 Å². The maximum absolute atomic E-state index is 12.2. The van der Waals surface area contributed by atoms with E-state index in [1.54, 1.807) is 10.6 Å². The number of aromatic nitrogens is 3. The van der Waals surface area contributed by atoms with E-state index < -0.39 is 0 Å². The number of fused-ring (bicyclic) bond motifs is 1. The molecule has 0 bridgehead atoms. The topological polar surface area (TPSA) is 39.3 Å². The molecule has 19 heavy (non-hydrogen) atoms. The molecule has 0 amide bonds. The molecule has 1 aromatic carbocycles. The lowest BCUT2D eigenvalue weighted by Crippen LogP contribution is -2.21. The Kier molecular flexibility index (Phi) is 2.71. The number of hydrogen-bond acceptors (Lipinski definition) is 2. The van der Waals surface area contributed by atoms with Gasteiger partial charge < -0.3 is 0 Å². The minimum absolute atomic E-state index is 0.102. The summed E-state index contributed by atoms with van der Waals surface area (Å²) in [5.41, 5.74) is 4.08. The predicted molar refractivity (Wildman–Crippen MR) is 74.5 cm³/mol. The number of nitrogens with zero attached hydrogens (tertiary/aromatic N) is 3. The summed E-state index contributed by atoms with van der Waals surface area (Å²) in [7, 11) is 0. The summed E-state index contributed by atoms with van der Waals surface area (Å²) in [5, 5.41) is 4.33. The molecule has 0 unspecified atom stereocenters. The van der Waals surface area contributed by atoms with E-state index in [1.165, 1.54) is 15.8 Å². The summed E-state index contributed by atoms with van der Waals surface area (Å²) >= 11 is 0. The van der Waals surface area contributed by atoms with Crippen molar-refractivity contribution in [3.05, 3.63) is 69.8 Å². The molecule has 0 radical (unpaired) electrons. The Morgan fingerprint density at radius 1 is 1.11 bits per heavy atom. The number of hydrogen-bond donors (Lipinski definition) is 0. The van der Waals surface area contributed by atoms with Crippen molar-refractivity contribution in [3.8, 4) is 0 Å². The van der Waals surface area contributed by atoms with Gasteiger partial charge in [-0.3, -0.25) is 4.40 Å². The second-order valence-corrected chi connectivity index (χ2v) is 4.87. The Hall–Kier alpha value is -2.36. The average Bonchev–Trinajstić information content (AvgIpc) is 2.66. The van der Waals surface area contributed by atoms with Crippen LogP contribution in [0, 0.1) is 13.8 Å². The highest BCUT2D eigenvalue weighted by atomic mass is 16.2. The van der Waals surface area contributed by atoms with Crippen molar-refractivity contribution in [1.29, 1.82) is 0 Å². The van der Waals surface area contributed by atoms with Gasteiger partial charge in [-0.15, -0.1) is 5.10 Å². The van der Waals surface area contributed by atoms with Gasteiger partial charge in [0.05, 0.1) is 6.54 Å². The highest BCUT2D eigenvalue weighted by Gasteiger charge is 2.06. The van der Waals surface area contributed by atoms with Crippen LogP contribution in [0.5, 0.6) is 0 Å². The second kappa shape index (κ2) is 4.39. The van der Waals surface area contributed by atoms with Crippen LogP contribution >= 0.6 is 0 Å². The number of benzene rings is 1. The molecule has 3 rings (SSSR count). The maximum atomic E-state index is 12.2. The van der Waals surface area contributed by atoms with Crippen LogP contribution in [0.15, 0.2) is 47.4 Å². The van der Waals surface area contributed by atoms with E-state index in [9.17, 15) is 4.79 Å². The quantitative estimate of drug-likeness (QED) is 0.702. The summed E-state index contributed by atoms with van der Waals surface area (Å²) in [5.74, 6) is 0. The third kappa shape index (κ3) is 2.17. The summed E-state index contributed by atoms with van der Waals surface area (Å²) in [6, 6.07) is 11.8. The fourth-order valence-electron chi connectivity index (χ4n) is 2.40. The Bertz CT molecular complexity index is 778. The normalized spacial score (nSPS) is 11.1. The molecular formula is C15H15N3O. The number of pyridine rings is 1. The summed E-state index contributed by atoms with van der Waals surface area (Å²) in [6.07, 6.45) is 1.74. The zero-order valence-corrected chi connectivity index (χ0v) is 11.0. The van der Waals surface area contributed by atoms with Crippen LogP contribution in [0.25, 0.3) is 5.65 Å². The Morgan fingerprint density at radius 2 is 1.84 bits per heavy atom. The first-order chi connectivity index (χ1) is 9.13. The smallest absolute Gasteiger partial charge is 0.250 e. The first kappa shape index (κ1) is 11.7. The van der Waals surface area contributed by atoms with Crippen LogP contribution in [-0.2, 0) is 6.54 Å². The highest BCUT2D eigenvalue weighted by Crippen LogP contribution is 2.09. The van der Waals surface area contributed by atoms with E-state index in [0.717, 1.165) is 5.56 Å². The average molecular weight is 253 g/mol. The predicted octanol–water partition coefficient (Wildman–Crippen LogP) is 2.16. The third-order valence-electron chi connectivity index (χ3n) is 3.10. The molecule has 4 nitrogen and oxygen atoms in total. The van der Waals surface area contributed by atoms with Gasteiger partial charge in [-0.1, -0.05) is 35.4 Å². The molecule has 96 valence electrons. The number of aryl methyl sites for hydroxylation is 2. The molecule has 2 aromatic heterocycles. The van der Waals surface area contributed by atoms with Crippen LogP contribution in [0.1, 0.15) is 16.7 Å². The molecule has 0 atom stereocenters. The van der Waals surface area contributed by atoms with Gasteiger partial charge in [0.15, 0.2) is 5.65 Å². The minimum atomic E-state index is -0.102. The molecule has 4 heteroatoms. The molecule has 3 aromatic rings. The molecule has 0 aliphatic rings. The summed E-state index contributed by atoms with van der Waals surface area (Å²) in [4.78, 5) is 12.2. The van der Waals surface area contributed by atoms with Gasteiger partial charge in [0, 0.05) is 6.20 Å². The monoisotopic (exact) mass is 253 g/mol. The van der Waals surface area contributed by atoms with E-state index in [4.69, 9.17) is 0 Å². The lowest BCUT2D eigenvalue weighted by Gasteiger charge is -2.04. The molecular weight excluding hydrogens is 238 g/mol. The molecule has 0 saturated carbocycles. The van der Waals surface area contributed by atoms with Crippen molar-refractivity contribution in [1.82, 2.24) is 14.2 Å². The van der Waals surface area contributed by atoms with Gasteiger partial charge in [-0.05, 0) is 31.5 Å². The molecule has 0 saturated heterocycles. The third-order valence-corrected chi connectivity index (χ3v) is 3.10. The fraction of sp³-hybridized carbons (Fsp3) is 0.200. The van der Waals surface area contributed by atoms with Gasteiger partial charge >= 0.3 is 5.69 Å². The molecule has 2 heterocycles. The van der Waals surface area contributed by atoms with E-state index in [1.807, 2.05) is 18.2 Å². The minimum Gasteiger partial charge on any atom is -0.250 e. The highest BCUT2D eigenvalue weighted by molar-refractivity contribution is 5.36.